The number of furan rings is 1. The van der Waals surface area contributed by atoms with Crippen LogP contribution < -0.4 is 11.2 Å². The SMILES string of the molecule is CCCc1cc2c(=O)n(Cc3ccc(C(=O)O)o3)c(=O)[nH]c2s1. The number of rotatable bonds is 5. The Morgan fingerprint density at radius 2 is 2.17 bits per heavy atom. The summed E-state index contributed by atoms with van der Waals surface area (Å²) in [6.07, 6.45) is 1.80. The van der Waals surface area contributed by atoms with Gasteiger partial charge in [0.25, 0.3) is 5.56 Å². The maximum Gasteiger partial charge on any atom is 0.371 e. The molecule has 3 aromatic rings. The van der Waals surface area contributed by atoms with E-state index < -0.39 is 17.2 Å². The van der Waals surface area contributed by atoms with Gasteiger partial charge < -0.3 is 9.52 Å². The van der Waals surface area contributed by atoms with Crippen LogP contribution in [-0.2, 0) is 13.0 Å². The normalized spacial score (nSPS) is 11.2. The topological polar surface area (TPSA) is 105 Å². The van der Waals surface area contributed by atoms with Crippen LogP contribution >= 0.6 is 11.3 Å². The van der Waals surface area contributed by atoms with Crippen molar-refractivity contribution in [2.24, 2.45) is 0 Å². The van der Waals surface area contributed by atoms with E-state index in [2.05, 4.69) is 4.98 Å². The molecular formula is C15H14N2O5S. The molecule has 0 spiro atoms. The lowest BCUT2D eigenvalue weighted by molar-refractivity contribution is 0.0660. The van der Waals surface area contributed by atoms with E-state index in [1.807, 2.05) is 6.92 Å². The third kappa shape index (κ3) is 2.85. The summed E-state index contributed by atoms with van der Waals surface area (Å²) in [5, 5.41) is 9.30. The minimum absolute atomic E-state index is 0.115. The van der Waals surface area contributed by atoms with Crippen molar-refractivity contribution in [2.75, 3.05) is 0 Å². The molecule has 0 aliphatic heterocycles. The predicted molar refractivity (Wildman–Crippen MR) is 85.5 cm³/mol. The van der Waals surface area contributed by atoms with Crippen molar-refractivity contribution in [1.29, 1.82) is 0 Å². The molecule has 0 bridgehead atoms. The van der Waals surface area contributed by atoms with Gasteiger partial charge in [-0.1, -0.05) is 13.3 Å². The average Bonchev–Trinajstić information content (AvgIpc) is 3.11. The van der Waals surface area contributed by atoms with Crippen molar-refractivity contribution >= 4 is 27.5 Å². The number of aryl methyl sites for hydroxylation is 1. The molecule has 0 saturated carbocycles. The van der Waals surface area contributed by atoms with E-state index in [0.717, 1.165) is 22.3 Å². The number of carboxylic acid groups (broad SMARTS) is 1. The second-order valence-corrected chi connectivity index (χ2v) is 6.23. The molecule has 0 aliphatic rings. The zero-order valence-electron chi connectivity index (χ0n) is 12.3. The number of aromatic carboxylic acids is 1. The number of aromatic amines is 1. The van der Waals surface area contributed by atoms with E-state index in [-0.39, 0.29) is 18.1 Å². The van der Waals surface area contributed by atoms with Gasteiger partial charge in [-0.3, -0.25) is 14.3 Å². The highest BCUT2D eigenvalue weighted by molar-refractivity contribution is 7.18. The molecule has 3 heterocycles. The lowest BCUT2D eigenvalue weighted by Crippen LogP contribution is -2.34. The van der Waals surface area contributed by atoms with Gasteiger partial charge in [0.2, 0.25) is 5.76 Å². The zero-order chi connectivity index (χ0) is 16.6. The minimum Gasteiger partial charge on any atom is -0.475 e. The Morgan fingerprint density at radius 3 is 2.83 bits per heavy atom. The summed E-state index contributed by atoms with van der Waals surface area (Å²) in [6.45, 7) is 1.93. The zero-order valence-corrected chi connectivity index (χ0v) is 13.1. The highest BCUT2D eigenvalue weighted by Crippen LogP contribution is 2.21. The molecule has 3 aromatic heterocycles. The van der Waals surface area contributed by atoms with Crippen LogP contribution in [-0.4, -0.2) is 20.6 Å². The summed E-state index contributed by atoms with van der Waals surface area (Å²) in [7, 11) is 0. The summed E-state index contributed by atoms with van der Waals surface area (Å²) in [6, 6.07) is 4.53. The molecule has 120 valence electrons. The largest absolute Gasteiger partial charge is 0.475 e. The summed E-state index contributed by atoms with van der Waals surface area (Å²) >= 11 is 1.40. The Hall–Kier alpha value is -2.61. The van der Waals surface area contributed by atoms with Crippen LogP contribution in [0.15, 0.2) is 32.2 Å². The highest BCUT2D eigenvalue weighted by atomic mass is 32.1. The number of hydrogen-bond acceptors (Lipinski definition) is 5. The van der Waals surface area contributed by atoms with Gasteiger partial charge in [-0.05, 0) is 24.6 Å². The number of carbonyl (C=O) groups is 1. The molecule has 0 fully saturated rings. The fraction of sp³-hybridized carbons (Fsp3) is 0.267. The third-order valence-corrected chi connectivity index (χ3v) is 4.52. The fourth-order valence-electron chi connectivity index (χ4n) is 2.34. The van der Waals surface area contributed by atoms with Crippen LogP contribution in [0.3, 0.4) is 0 Å². The van der Waals surface area contributed by atoms with E-state index in [4.69, 9.17) is 9.52 Å². The van der Waals surface area contributed by atoms with Gasteiger partial charge in [0.05, 0.1) is 11.9 Å². The van der Waals surface area contributed by atoms with Crippen LogP contribution in [0.25, 0.3) is 10.2 Å². The van der Waals surface area contributed by atoms with Crippen LogP contribution in [0.1, 0.15) is 34.5 Å². The molecule has 7 nitrogen and oxygen atoms in total. The maximum atomic E-state index is 12.5. The number of carboxylic acids is 1. The van der Waals surface area contributed by atoms with Crippen molar-refractivity contribution in [2.45, 2.75) is 26.3 Å². The number of nitrogens with zero attached hydrogens (tertiary/aromatic N) is 1. The fourth-order valence-corrected chi connectivity index (χ4v) is 3.48. The summed E-state index contributed by atoms with van der Waals surface area (Å²) in [5.74, 6) is -1.19. The summed E-state index contributed by atoms with van der Waals surface area (Å²) < 4.78 is 6.11. The molecule has 8 heteroatoms. The number of nitrogens with one attached hydrogen (secondary N) is 1. The van der Waals surface area contributed by atoms with Crippen LogP contribution in [0.4, 0.5) is 0 Å². The van der Waals surface area contributed by atoms with E-state index in [1.165, 1.54) is 23.5 Å². The highest BCUT2D eigenvalue weighted by Gasteiger charge is 2.14. The van der Waals surface area contributed by atoms with Crippen molar-refractivity contribution in [3.05, 3.63) is 55.4 Å². The third-order valence-electron chi connectivity index (χ3n) is 3.41. The number of aromatic nitrogens is 2. The lowest BCUT2D eigenvalue weighted by Gasteiger charge is -2.02. The molecule has 0 saturated heterocycles. The van der Waals surface area contributed by atoms with Crippen molar-refractivity contribution < 1.29 is 14.3 Å². The second kappa shape index (κ2) is 5.88. The summed E-state index contributed by atoms with van der Waals surface area (Å²) in [5.41, 5.74) is -0.948. The molecule has 2 N–H and O–H groups in total. The smallest absolute Gasteiger partial charge is 0.371 e. The Balaban J connectivity index is 2.04. The average molecular weight is 334 g/mol. The van der Waals surface area contributed by atoms with E-state index in [0.29, 0.717) is 10.2 Å². The van der Waals surface area contributed by atoms with Gasteiger partial charge in [0, 0.05) is 4.88 Å². The quantitative estimate of drug-likeness (QED) is 0.743. The van der Waals surface area contributed by atoms with Crippen molar-refractivity contribution in [3.8, 4) is 0 Å². The number of hydrogen-bond donors (Lipinski definition) is 2. The second-order valence-electron chi connectivity index (χ2n) is 5.10. The maximum absolute atomic E-state index is 12.5. The van der Waals surface area contributed by atoms with Crippen LogP contribution in [0, 0.1) is 0 Å². The van der Waals surface area contributed by atoms with E-state index >= 15 is 0 Å². The molecule has 0 radical (unpaired) electrons. The Labute approximate surface area is 133 Å². The Morgan fingerprint density at radius 1 is 1.39 bits per heavy atom. The molecule has 0 unspecified atom stereocenters. The van der Waals surface area contributed by atoms with Gasteiger partial charge in [-0.25, -0.2) is 9.59 Å². The van der Waals surface area contributed by atoms with E-state index in [9.17, 15) is 14.4 Å². The van der Waals surface area contributed by atoms with Crippen LogP contribution in [0.2, 0.25) is 0 Å². The summed E-state index contributed by atoms with van der Waals surface area (Å²) in [4.78, 5) is 39.7. The molecule has 0 aromatic carbocycles. The van der Waals surface area contributed by atoms with Gasteiger partial charge in [-0.2, -0.15) is 0 Å². The molecule has 0 aliphatic carbocycles. The predicted octanol–water partition coefficient (Wildman–Crippen LogP) is 2.04. The molecular weight excluding hydrogens is 320 g/mol. The molecule has 3 rings (SSSR count). The minimum atomic E-state index is -1.20. The number of thiophene rings is 1. The molecule has 23 heavy (non-hydrogen) atoms. The number of fused-ring (bicyclic) bond motifs is 1. The first kappa shape index (κ1) is 15.3. The van der Waals surface area contributed by atoms with E-state index in [1.54, 1.807) is 6.07 Å². The Bertz CT molecular complexity index is 991. The van der Waals surface area contributed by atoms with Gasteiger partial charge >= 0.3 is 11.7 Å². The first-order valence-electron chi connectivity index (χ1n) is 7.07. The monoisotopic (exact) mass is 334 g/mol. The van der Waals surface area contributed by atoms with Gasteiger partial charge in [-0.15, -0.1) is 11.3 Å². The molecule has 0 atom stereocenters. The standard InChI is InChI=1S/C15H14N2O5S/c1-2-3-9-6-10-12(23-9)16-15(21)17(13(10)18)7-8-4-5-11(22-8)14(19)20/h4-6H,2-3,7H2,1H3,(H,16,21)(H,19,20). The lowest BCUT2D eigenvalue weighted by atomic mass is 10.2. The van der Waals surface area contributed by atoms with Crippen molar-refractivity contribution in [1.82, 2.24) is 9.55 Å². The number of H-pyrrole nitrogens is 1. The Kier molecular flexibility index (Phi) is 3.91. The first-order valence-corrected chi connectivity index (χ1v) is 7.88. The van der Waals surface area contributed by atoms with Gasteiger partial charge in [0.1, 0.15) is 10.6 Å². The van der Waals surface area contributed by atoms with Crippen LogP contribution in [0.5, 0.6) is 0 Å². The molecule has 0 amide bonds. The first-order chi connectivity index (χ1) is 11.0. The van der Waals surface area contributed by atoms with Gasteiger partial charge in [0.15, 0.2) is 0 Å². The van der Waals surface area contributed by atoms with Crippen molar-refractivity contribution in [3.63, 3.8) is 0 Å².